The van der Waals surface area contributed by atoms with Gasteiger partial charge in [0.1, 0.15) is 16.1 Å². The summed E-state index contributed by atoms with van der Waals surface area (Å²) in [6.45, 7) is 4.03. The van der Waals surface area contributed by atoms with Gasteiger partial charge in [0, 0.05) is 36.4 Å². The molecule has 0 aliphatic carbocycles. The molecule has 214 valence electrons. The van der Waals surface area contributed by atoms with E-state index in [1.54, 1.807) is 60.6 Å². The number of amides is 3. The van der Waals surface area contributed by atoms with Gasteiger partial charge < -0.3 is 25.0 Å². The maximum absolute atomic E-state index is 13.4. The number of aliphatic hydroxyl groups excluding tert-OH is 1. The molecule has 0 spiro atoms. The van der Waals surface area contributed by atoms with Crippen LogP contribution in [0.3, 0.4) is 0 Å². The number of nitrogens with one attached hydrogen (secondary N) is 2. The minimum atomic E-state index is -3.78. The third kappa shape index (κ3) is 7.12. The van der Waals surface area contributed by atoms with E-state index in [4.69, 9.17) is 4.74 Å². The lowest BCUT2D eigenvalue weighted by molar-refractivity contribution is -0.134. The molecule has 0 saturated carbocycles. The van der Waals surface area contributed by atoms with Crippen molar-refractivity contribution >= 4 is 44.7 Å². The Morgan fingerprint density at radius 1 is 1.18 bits per heavy atom. The number of anilines is 2. The van der Waals surface area contributed by atoms with Crippen molar-refractivity contribution in [2.75, 3.05) is 36.8 Å². The monoisotopic (exact) mass is 586 g/mol. The first kappa shape index (κ1) is 29.4. The molecule has 3 atom stereocenters. The second-order valence-corrected chi connectivity index (χ2v) is 12.8. The lowest BCUT2D eigenvalue weighted by Crippen LogP contribution is -2.48. The minimum absolute atomic E-state index is 0.0436. The van der Waals surface area contributed by atoms with E-state index >= 15 is 0 Å². The molecule has 1 aromatic heterocycles. The van der Waals surface area contributed by atoms with Gasteiger partial charge >= 0.3 is 6.03 Å². The first-order valence-electron chi connectivity index (χ1n) is 12.9. The predicted molar refractivity (Wildman–Crippen MR) is 155 cm³/mol. The second kappa shape index (κ2) is 12.7. The zero-order chi connectivity index (χ0) is 28.9. The molecule has 12 heteroatoms. The number of fused-ring (bicyclic) bond motifs is 1. The van der Waals surface area contributed by atoms with Gasteiger partial charge in [0.25, 0.3) is 10.0 Å². The number of rotatable bonds is 8. The van der Waals surface area contributed by atoms with Crippen LogP contribution < -0.4 is 14.8 Å². The summed E-state index contributed by atoms with van der Waals surface area (Å²) >= 11 is 1.10. The Bertz CT molecular complexity index is 1420. The van der Waals surface area contributed by atoms with Crippen molar-refractivity contribution in [3.05, 3.63) is 71.6 Å². The minimum Gasteiger partial charge on any atom is -0.488 e. The topological polar surface area (TPSA) is 128 Å². The highest BCUT2D eigenvalue weighted by atomic mass is 32.2. The molecule has 0 unspecified atom stereocenters. The van der Waals surface area contributed by atoms with Crippen LogP contribution >= 0.6 is 11.3 Å². The number of carbonyl (C=O) groups is 2. The van der Waals surface area contributed by atoms with Crippen LogP contribution in [-0.2, 0) is 21.2 Å². The maximum atomic E-state index is 13.4. The molecule has 2 aromatic carbocycles. The lowest BCUT2D eigenvalue weighted by atomic mass is 10.0. The van der Waals surface area contributed by atoms with E-state index in [0.717, 1.165) is 11.3 Å². The summed E-state index contributed by atoms with van der Waals surface area (Å²) in [5, 5.41) is 14.4. The van der Waals surface area contributed by atoms with Gasteiger partial charge in [-0.25, -0.2) is 13.2 Å². The molecule has 1 aliphatic rings. The van der Waals surface area contributed by atoms with Crippen LogP contribution in [0.2, 0.25) is 0 Å². The number of thiophene rings is 1. The van der Waals surface area contributed by atoms with Gasteiger partial charge in [0.2, 0.25) is 5.91 Å². The Hall–Kier alpha value is -3.61. The van der Waals surface area contributed by atoms with E-state index < -0.39 is 22.2 Å². The fourth-order valence-electron chi connectivity index (χ4n) is 4.43. The number of para-hydroxylation sites is 1. The Balaban J connectivity index is 1.61. The highest BCUT2D eigenvalue weighted by Crippen LogP contribution is 2.30. The second-order valence-electron chi connectivity index (χ2n) is 9.92. The maximum Gasteiger partial charge on any atom is 0.321 e. The van der Waals surface area contributed by atoms with Crippen LogP contribution in [-0.4, -0.2) is 74.2 Å². The van der Waals surface area contributed by atoms with Crippen molar-refractivity contribution in [1.29, 1.82) is 0 Å². The van der Waals surface area contributed by atoms with Crippen molar-refractivity contribution in [2.45, 2.75) is 36.6 Å². The molecule has 3 N–H and O–H groups in total. The van der Waals surface area contributed by atoms with Crippen molar-refractivity contribution in [2.24, 2.45) is 5.92 Å². The summed E-state index contributed by atoms with van der Waals surface area (Å²) in [4.78, 5) is 29.4. The molecule has 1 aliphatic heterocycles. The Kier molecular flexibility index (Phi) is 9.33. The third-order valence-electron chi connectivity index (χ3n) is 6.75. The van der Waals surface area contributed by atoms with E-state index in [0.29, 0.717) is 29.2 Å². The van der Waals surface area contributed by atoms with Gasteiger partial charge in [-0.1, -0.05) is 31.2 Å². The zero-order valence-corrected chi connectivity index (χ0v) is 24.2. The van der Waals surface area contributed by atoms with Gasteiger partial charge in [-0.15, -0.1) is 11.3 Å². The highest BCUT2D eigenvalue weighted by Gasteiger charge is 2.32. The Morgan fingerprint density at radius 3 is 2.60 bits per heavy atom. The summed E-state index contributed by atoms with van der Waals surface area (Å²) in [5.41, 5.74) is 1.47. The molecule has 0 saturated heterocycles. The van der Waals surface area contributed by atoms with Crippen LogP contribution in [0, 0.1) is 5.92 Å². The molecule has 10 nitrogen and oxygen atoms in total. The van der Waals surface area contributed by atoms with Crippen LogP contribution in [0.25, 0.3) is 0 Å². The van der Waals surface area contributed by atoms with Crippen LogP contribution in [0.1, 0.15) is 19.4 Å². The third-order valence-corrected chi connectivity index (χ3v) is 9.53. The average molecular weight is 587 g/mol. The summed E-state index contributed by atoms with van der Waals surface area (Å²) in [6, 6.07) is 16.4. The molecule has 0 bridgehead atoms. The normalized spacial score (nSPS) is 18.4. The van der Waals surface area contributed by atoms with Crippen molar-refractivity contribution in [1.82, 2.24) is 9.80 Å². The van der Waals surface area contributed by atoms with Gasteiger partial charge in [-0.2, -0.15) is 0 Å². The molecule has 40 heavy (non-hydrogen) atoms. The van der Waals surface area contributed by atoms with Crippen molar-refractivity contribution in [3.8, 4) is 5.75 Å². The number of sulfonamides is 1. The first-order chi connectivity index (χ1) is 19.1. The smallest absolute Gasteiger partial charge is 0.321 e. The van der Waals surface area contributed by atoms with Gasteiger partial charge in [0.05, 0.1) is 25.6 Å². The summed E-state index contributed by atoms with van der Waals surface area (Å²) in [6.07, 6.45) is -0.545. The van der Waals surface area contributed by atoms with E-state index in [1.165, 1.54) is 11.0 Å². The van der Waals surface area contributed by atoms with E-state index in [-0.39, 0.29) is 41.6 Å². The molecule has 2 heterocycles. The highest BCUT2D eigenvalue weighted by molar-refractivity contribution is 7.94. The Labute approximate surface area is 238 Å². The lowest BCUT2D eigenvalue weighted by Gasteiger charge is -2.34. The zero-order valence-electron chi connectivity index (χ0n) is 22.6. The fraction of sp³-hybridized carbons (Fsp3) is 0.357. The molecular weight excluding hydrogens is 552 g/mol. The number of carbonyl (C=O) groups excluding carboxylic acids is 2. The van der Waals surface area contributed by atoms with Crippen molar-refractivity contribution < 1.29 is 27.9 Å². The van der Waals surface area contributed by atoms with Crippen molar-refractivity contribution in [3.63, 3.8) is 0 Å². The molecule has 0 fully saturated rings. The van der Waals surface area contributed by atoms with Crippen LogP contribution in [0.15, 0.2) is 70.3 Å². The number of urea groups is 1. The number of aliphatic hydroxyl groups is 1. The van der Waals surface area contributed by atoms with Crippen LogP contribution in [0.4, 0.5) is 16.2 Å². The predicted octanol–water partition coefficient (Wildman–Crippen LogP) is 3.86. The average Bonchev–Trinajstić information content (AvgIpc) is 3.49. The van der Waals surface area contributed by atoms with Crippen LogP contribution in [0.5, 0.6) is 5.75 Å². The number of ether oxygens (including phenoxy) is 1. The van der Waals surface area contributed by atoms with Gasteiger partial charge in [-0.3, -0.25) is 9.52 Å². The summed E-state index contributed by atoms with van der Waals surface area (Å²) < 4.78 is 34.8. The Morgan fingerprint density at radius 2 is 1.93 bits per heavy atom. The summed E-state index contributed by atoms with van der Waals surface area (Å²) in [5.74, 6) is 0.0138. The number of benzene rings is 2. The largest absolute Gasteiger partial charge is 0.488 e. The van der Waals surface area contributed by atoms with E-state index in [9.17, 15) is 23.1 Å². The molecule has 4 rings (SSSR count). The molecular formula is C28H34N4O6S2. The number of hydrogen-bond acceptors (Lipinski definition) is 7. The molecule has 0 radical (unpaired) electrons. The van der Waals surface area contributed by atoms with Gasteiger partial charge in [0.15, 0.2) is 0 Å². The fourth-order valence-corrected chi connectivity index (χ4v) is 6.47. The molecule has 3 aromatic rings. The summed E-state index contributed by atoms with van der Waals surface area (Å²) in [7, 11) is -2.11. The standard InChI is InChI=1S/C28H34N4O6S2/c1-19-16-32(20(2)18-33)26(34)15-21-14-23(30-40(36,37)27-10-7-13-39-27)11-12-24(21)38-25(19)17-31(3)28(35)29-22-8-5-4-6-9-22/h4-14,19-20,25,30,33H,15-18H2,1-3H3,(H,29,35)/t19-,20-,25-/m1/s1. The first-order valence-corrected chi connectivity index (χ1v) is 15.3. The molecule has 3 amide bonds. The van der Waals surface area contributed by atoms with Gasteiger partial charge in [-0.05, 0) is 48.7 Å². The quantitative estimate of drug-likeness (QED) is 0.368. The number of nitrogens with zero attached hydrogens (tertiary/aromatic N) is 2. The van der Waals surface area contributed by atoms with E-state index in [2.05, 4.69) is 10.0 Å². The number of hydrogen-bond donors (Lipinski definition) is 3. The number of likely N-dealkylation sites (N-methyl/N-ethyl adjacent to an activating group) is 1. The SMILES string of the molecule is C[C@@H]1CN([C@H](C)CO)C(=O)Cc2cc(NS(=O)(=O)c3cccs3)ccc2O[C@@H]1CN(C)C(=O)Nc1ccccc1. The van der Waals surface area contributed by atoms with E-state index in [1.807, 2.05) is 25.1 Å².